The van der Waals surface area contributed by atoms with Crippen molar-refractivity contribution in [3.8, 4) is 0 Å². The van der Waals surface area contributed by atoms with E-state index in [2.05, 4.69) is 40.7 Å². The molecular formula is C35H62O7. The van der Waals surface area contributed by atoms with Crippen molar-refractivity contribution < 1.29 is 33.7 Å². The maximum Gasteiger partial charge on any atom is 0.335 e. The number of hydrogen-bond acceptors (Lipinski definition) is 7. The first-order valence-electron chi connectivity index (χ1n) is 15.8. The van der Waals surface area contributed by atoms with Crippen LogP contribution in [0.25, 0.3) is 0 Å². The van der Waals surface area contributed by atoms with Gasteiger partial charge in [-0.2, -0.15) is 0 Å². The van der Waals surface area contributed by atoms with Gasteiger partial charge in [-0.3, -0.25) is 4.79 Å². The highest BCUT2D eigenvalue weighted by Gasteiger charge is 2.26. The first-order valence-corrected chi connectivity index (χ1v) is 15.8. The summed E-state index contributed by atoms with van der Waals surface area (Å²) in [5.41, 5.74) is -0.0463. The standard InChI is InChI=1S/C35H62O7/c1-14-23(2)17-24(3)18-25(4)19-26(5)20-27(6)21-29(32(38)41-34(8,9)10)22-28(7)31(37)40-16-15-30(36)33(39)42-35(11,12)13/h20-21,23-26,28,30,36H,14-19,22H2,1-13H3. The molecule has 0 aliphatic heterocycles. The fourth-order valence-electron chi connectivity index (χ4n) is 5.07. The lowest BCUT2D eigenvalue weighted by atomic mass is 9.84. The molecule has 42 heavy (non-hydrogen) atoms. The van der Waals surface area contributed by atoms with Crippen molar-refractivity contribution in [3.05, 3.63) is 23.3 Å². The molecule has 244 valence electrons. The van der Waals surface area contributed by atoms with Crippen molar-refractivity contribution >= 4 is 17.9 Å². The van der Waals surface area contributed by atoms with Gasteiger partial charge in [-0.15, -0.1) is 0 Å². The average molecular weight is 595 g/mol. The van der Waals surface area contributed by atoms with Gasteiger partial charge in [-0.25, -0.2) is 9.59 Å². The number of hydrogen-bond donors (Lipinski definition) is 1. The molecule has 0 saturated carbocycles. The van der Waals surface area contributed by atoms with Crippen LogP contribution in [0, 0.1) is 29.6 Å². The SMILES string of the molecule is CCC(C)CC(C)CC(C)CC(C)C=C(C)C=C(CC(C)C(=O)OCCC(O)C(=O)OC(C)(C)C)C(=O)OC(C)(C)C. The van der Waals surface area contributed by atoms with E-state index in [4.69, 9.17) is 14.2 Å². The molecule has 7 heteroatoms. The summed E-state index contributed by atoms with van der Waals surface area (Å²) in [7, 11) is 0. The summed E-state index contributed by atoms with van der Waals surface area (Å²) in [6.07, 6.45) is 7.43. The third-order valence-electron chi connectivity index (χ3n) is 6.93. The summed E-state index contributed by atoms with van der Waals surface area (Å²) >= 11 is 0. The highest BCUT2D eigenvalue weighted by molar-refractivity contribution is 5.90. The molecule has 0 aromatic heterocycles. The Balaban J connectivity index is 5.37. The Morgan fingerprint density at radius 2 is 1.31 bits per heavy atom. The van der Waals surface area contributed by atoms with Gasteiger partial charge < -0.3 is 19.3 Å². The summed E-state index contributed by atoms with van der Waals surface area (Å²) < 4.78 is 16.1. The van der Waals surface area contributed by atoms with Crippen molar-refractivity contribution in [2.24, 2.45) is 29.6 Å². The van der Waals surface area contributed by atoms with Gasteiger partial charge in [0.05, 0.1) is 12.5 Å². The van der Waals surface area contributed by atoms with Crippen LogP contribution in [0.4, 0.5) is 0 Å². The van der Waals surface area contributed by atoms with E-state index < -0.39 is 41.1 Å². The van der Waals surface area contributed by atoms with E-state index in [0.717, 1.165) is 17.9 Å². The second-order valence-electron chi connectivity index (χ2n) is 14.6. The molecule has 7 nitrogen and oxygen atoms in total. The summed E-state index contributed by atoms with van der Waals surface area (Å²) in [4.78, 5) is 37.8. The molecule has 0 aliphatic rings. The van der Waals surface area contributed by atoms with Gasteiger partial charge in [-0.1, -0.05) is 59.6 Å². The Morgan fingerprint density at radius 3 is 1.83 bits per heavy atom. The second-order valence-corrected chi connectivity index (χ2v) is 14.6. The molecule has 0 saturated heterocycles. The molecule has 0 rings (SSSR count). The number of allylic oxidation sites excluding steroid dienone is 3. The number of esters is 3. The molecule has 0 amide bonds. The number of carbonyl (C=O) groups is 3. The zero-order valence-corrected chi connectivity index (χ0v) is 29.0. The van der Waals surface area contributed by atoms with Crippen LogP contribution >= 0.6 is 0 Å². The second kappa shape index (κ2) is 18.5. The van der Waals surface area contributed by atoms with E-state index >= 15 is 0 Å². The molecule has 0 bridgehead atoms. The van der Waals surface area contributed by atoms with Gasteiger partial charge in [0.15, 0.2) is 6.10 Å². The van der Waals surface area contributed by atoms with Crippen molar-refractivity contribution in [2.45, 2.75) is 146 Å². The number of rotatable bonds is 17. The zero-order chi connectivity index (χ0) is 32.8. The molecule has 0 aliphatic carbocycles. The highest BCUT2D eigenvalue weighted by Crippen LogP contribution is 2.27. The van der Waals surface area contributed by atoms with E-state index in [1.54, 1.807) is 27.7 Å². The van der Waals surface area contributed by atoms with Crippen molar-refractivity contribution in [1.82, 2.24) is 0 Å². The minimum atomic E-state index is -1.38. The number of carbonyl (C=O) groups excluding carboxylic acids is 3. The molecule has 0 aromatic carbocycles. The summed E-state index contributed by atoms with van der Waals surface area (Å²) in [5, 5.41) is 10.0. The van der Waals surface area contributed by atoms with Crippen LogP contribution in [0.15, 0.2) is 23.3 Å². The van der Waals surface area contributed by atoms with Crippen LogP contribution in [0.1, 0.15) is 129 Å². The van der Waals surface area contributed by atoms with Crippen LogP contribution in [0.2, 0.25) is 0 Å². The molecule has 6 unspecified atom stereocenters. The summed E-state index contributed by atoms with van der Waals surface area (Å²) in [6, 6.07) is 0. The molecular weight excluding hydrogens is 532 g/mol. The molecule has 0 radical (unpaired) electrons. The normalized spacial score (nSPS) is 17.5. The Hall–Kier alpha value is -2.15. The quantitative estimate of drug-likeness (QED) is 0.0788. The van der Waals surface area contributed by atoms with Gasteiger partial charge in [0.1, 0.15) is 11.2 Å². The number of aliphatic hydroxyl groups excluding tert-OH is 1. The van der Waals surface area contributed by atoms with E-state index in [-0.39, 0.29) is 19.4 Å². The Kier molecular flexibility index (Phi) is 17.6. The van der Waals surface area contributed by atoms with Crippen LogP contribution in [-0.2, 0) is 28.6 Å². The lowest BCUT2D eigenvalue weighted by molar-refractivity contribution is -0.167. The maximum absolute atomic E-state index is 13.1. The predicted molar refractivity (Wildman–Crippen MR) is 170 cm³/mol. The Morgan fingerprint density at radius 1 is 0.786 bits per heavy atom. The predicted octanol–water partition coefficient (Wildman–Crippen LogP) is 7.99. The Labute approximate surface area is 256 Å². The highest BCUT2D eigenvalue weighted by atomic mass is 16.6. The van der Waals surface area contributed by atoms with E-state index in [1.165, 1.54) is 19.3 Å². The molecule has 6 atom stereocenters. The van der Waals surface area contributed by atoms with Crippen molar-refractivity contribution in [2.75, 3.05) is 6.61 Å². The topological polar surface area (TPSA) is 99.1 Å². The zero-order valence-electron chi connectivity index (χ0n) is 29.0. The molecule has 0 spiro atoms. The van der Waals surface area contributed by atoms with Gasteiger partial charge in [0.25, 0.3) is 0 Å². The largest absolute Gasteiger partial charge is 0.465 e. The van der Waals surface area contributed by atoms with Crippen LogP contribution in [0.3, 0.4) is 0 Å². The van der Waals surface area contributed by atoms with Gasteiger partial charge in [-0.05, 0) is 104 Å². The minimum Gasteiger partial charge on any atom is -0.465 e. The van der Waals surface area contributed by atoms with Crippen LogP contribution in [-0.4, -0.2) is 46.9 Å². The van der Waals surface area contributed by atoms with Crippen molar-refractivity contribution in [1.29, 1.82) is 0 Å². The molecule has 0 fully saturated rings. The van der Waals surface area contributed by atoms with Gasteiger partial charge in [0, 0.05) is 12.0 Å². The van der Waals surface area contributed by atoms with Crippen LogP contribution in [0.5, 0.6) is 0 Å². The minimum absolute atomic E-state index is 0.0727. The Bertz CT molecular complexity index is 903. The average Bonchev–Trinajstić information content (AvgIpc) is 2.80. The number of ether oxygens (including phenoxy) is 3. The fraction of sp³-hybridized carbons (Fsp3) is 0.800. The monoisotopic (exact) mass is 594 g/mol. The van der Waals surface area contributed by atoms with Crippen LogP contribution < -0.4 is 0 Å². The summed E-state index contributed by atoms with van der Waals surface area (Å²) in [6.45, 7) is 25.5. The first kappa shape index (κ1) is 39.8. The first-order chi connectivity index (χ1) is 19.1. The molecule has 1 N–H and O–H groups in total. The lowest BCUT2D eigenvalue weighted by Gasteiger charge is -2.22. The molecule has 0 aromatic rings. The summed E-state index contributed by atoms with van der Waals surface area (Å²) in [5.74, 6) is 0.0328. The van der Waals surface area contributed by atoms with E-state index in [9.17, 15) is 19.5 Å². The number of aliphatic hydroxyl groups is 1. The van der Waals surface area contributed by atoms with Crippen molar-refractivity contribution in [3.63, 3.8) is 0 Å². The van der Waals surface area contributed by atoms with Gasteiger partial charge in [0.2, 0.25) is 0 Å². The van der Waals surface area contributed by atoms with E-state index in [0.29, 0.717) is 23.3 Å². The van der Waals surface area contributed by atoms with Gasteiger partial charge >= 0.3 is 17.9 Å². The third-order valence-corrected chi connectivity index (χ3v) is 6.93. The third kappa shape index (κ3) is 19.1. The lowest BCUT2D eigenvalue weighted by Crippen LogP contribution is -2.32. The van der Waals surface area contributed by atoms with E-state index in [1.807, 2.05) is 33.8 Å². The maximum atomic E-state index is 13.1. The fourth-order valence-corrected chi connectivity index (χ4v) is 5.07. The molecule has 0 heterocycles. The smallest absolute Gasteiger partial charge is 0.335 e.